The maximum Gasteiger partial charge on any atom is 0.134 e. The molecule has 0 saturated heterocycles. The van der Waals surface area contributed by atoms with Gasteiger partial charge in [0.1, 0.15) is 17.1 Å². The molecule has 0 aliphatic carbocycles. The minimum absolute atomic E-state index is 0.0812. The van der Waals surface area contributed by atoms with Gasteiger partial charge in [-0.15, -0.1) is 0 Å². The standard InChI is InChI=1S/C22H32N2O2/c1-7-8-9-10-11-21(2,3)15-12-17(25-6)19-18(13-15)26-22(4,5)16-14-23-24-20(16)19/h12-14H,7-11H2,1-6H3,(H,23,24). The van der Waals surface area contributed by atoms with Crippen LogP contribution in [0.25, 0.3) is 11.3 Å². The van der Waals surface area contributed by atoms with Gasteiger partial charge in [-0.3, -0.25) is 5.10 Å². The zero-order chi connectivity index (χ0) is 18.9. The summed E-state index contributed by atoms with van der Waals surface area (Å²) in [7, 11) is 1.73. The van der Waals surface area contributed by atoms with Crippen molar-refractivity contribution in [3.63, 3.8) is 0 Å². The lowest BCUT2D eigenvalue weighted by molar-refractivity contribution is 0.105. The predicted octanol–water partition coefficient (Wildman–Crippen LogP) is 5.96. The van der Waals surface area contributed by atoms with E-state index in [1.807, 2.05) is 6.20 Å². The molecule has 0 unspecified atom stereocenters. The fourth-order valence-electron chi connectivity index (χ4n) is 3.87. The SMILES string of the molecule is CCCCCCC(C)(C)c1cc(OC)c2c(c1)OC(C)(C)c1cn[nH]c1-2. The largest absolute Gasteiger partial charge is 0.496 e. The molecule has 0 spiro atoms. The normalized spacial score (nSPS) is 15.2. The fourth-order valence-corrected chi connectivity index (χ4v) is 3.87. The Morgan fingerprint density at radius 2 is 1.96 bits per heavy atom. The topological polar surface area (TPSA) is 47.1 Å². The molecule has 0 atom stereocenters. The molecule has 2 aromatic rings. The molecule has 0 bridgehead atoms. The van der Waals surface area contributed by atoms with Crippen LogP contribution in [0.5, 0.6) is 11.5 Å². The van der Waals surface area contributed by atoms with E-state index in [2.05, 4.69) is 56.9 Å². The Kier molecular flexibility index (Phi) is 5.05. The Balaban J connectivity index is 2.00. The van der Waals surface area contributed by atoms with Crippen molar-refractivity contribution in [3.8, 4) is 22.8 Å². The molecule has 0 radical (unpaired) electrons. The molecular formula is C22H32N2O2. The number of nitrogens with zero attached hydrogens (tertiary/aromatic N) is 1. The van der Waals surface area contributed by atoms with Gasteiger partial charge in [0.2, 0.25) is 0 Å². The summed E-state index contributed by atoms with van der Waals surface area (Å²) < 4.78 is 12.1. The number of aromatic amines is 1. The van der Waals surface area contributed by atoms with Gasteiger partial charge in [0, 0.05) is 5.56 Å². The first kappa shape index (κ1) is 18.8. The number of rotatable bonds is 7. The number of H-pyrrole nitrogens is 1. The zero-order valence-electron chi connectivity index (χ0n) is 17.0. The van der Waals surface area contributed by atoms with E-state index in [4.69, 9.17) is 9.47 Å². The number of fused-ring (bicyclic) bond motifs is 3. The molecule has 2 heterocycles. The van der Waals surface area contributed by atoms with Crippen molar-refractivity contribution in [2.24, 2.45) is 0 Å². The van der Waals surface area contributed by atoms with Gasteiger partial charge in [0.25, 0.3) is 0 Å². The monoisotopic (exact) mass is 356 g/mol. The van der Waals surface area contributed by atoms with Crippen molar-refractivity contribution in [2.45, 2.75) is 77.7 Å². The first-order valence-electron chi connectivity index (χ1n) is 9.76. The molecule has 4 heteroatoms. The van der Waals surface area contributed by atoms with Crippen LogP contribution in [0.2, 0.25) is 0 Å². The van der Waals surface area contributed by atoms with Crippen LogP contribution in [0.15, 0.2) is 18.3 Å². The number of benzene rings is 1. The highest BCUT2D eigenvalue weighted by Gasteiger charge is 2.37. The highest BCUT2D eigenvalue weighted by atomic mass is 16.5. The third kappa shape index (κ3) is 3.34. The summed E-state index contributed by atoms with van der Waals surface area (Å²) in [6.45, 7) is 11.0. The Bertz CT molecular complexity index is 774. The lowest BCUT2D eigenvalue weighted by Gasteiger charge is -2.35. The van der Waals surface area contributed by atoms with Gasteiger partial charge >= 0.3 is 0 Å². The number of ether oxygens (including phenoxy) is 2. The molecule has 3 rings (SSSR count). The fraction of sp³-hybridized carbons (Fsp3) is 0.591. The van der Waals surface area contributed by atoms with Gasteiger partial charge in [-0.25, -0.2) is 0 Å². The van der Waals surface area contributed by atoms with E-state index in [0.29, 0.717) is 0 Å². The summed E-state index contributed by atoms with van der Waals surface area (Å²) in [5, 5.41) is 7.38. The Morgan fingerprint density at radius 3 is 2.65 bits per heavy atom. The Morgan fingerprint density at radius 1 is 1.19 bits per heavy atom. The third-order valence-corrected chi connectivity index (χ3v) is 5.63. The Hall–Kier alpha value is -1.97. The molecule has 0 fully saturated rings. The van der Waals surface area contributed by atoms with Crippen molar-refractivity contribution in [2.75, 3.05) is 7.11 Å². The van der Waals surface area contributed by atoms with Gasteiger partial charge in [-0.05, 0) is 43.4 Å². The maximum atomic E-state index is 6.39. The summed E-state index contributed by atoms with van der Waals surface area (Å²) in [5.41, 5.74) is 3.98. The van der Waals surface area contributed by atoms with Crippen molar-refractivity contribution >= 4 is 0 Å². The second-order valence-electron chi connectivity index (χ2n) is 8.52. The van der Waals surface area contributed by atoms with Gasteiger partial charge in [0.15, 0.2) is 0 Å². The van der Waals surface area contributed by atoms with Crippen LogP contribution in [-0.2, 0) is 11.0 Å². The number of methoxy groups -OCH3 is 1. The number of nitrogens with one attached hydrogen (secondary N) is 1. The smallest absolute Gasteiger partial charge is 0.134 e. The van der Waals surface area contributed by atoms with Gasteiger partial charge in [-0.1, -0.05) is 46.5 Å². The van der Waals surface area contributed by atoms with Crippen molar-refractivity contribution < 1.29 is 9.47 Å². The van der Waals surface area contributed by atoms with E-state index in [-0.39, 0.29) is 5.41 Å². The molecule has 1 N–H and O–H groups in total. The quantitative estimate of drug-likeness (QED) is 0.623. The van der Waals surface area contributed by atoms with Gasteiger partial charge < -0.3 is 9.47 Å². The molecule has 1 aromatic heterocycles. The summed E-state index contributed by atoms with van der Waals surface area (Å²) in [5.74, 6) is 1.72. The number of hydrogen-bond donors (Lipinski definition) is 1. The average molecular weight is 357 g/mol. The van der Waals surface area contributed by atoms with Crippen LogP contribution in [0.3, 0.4) is 0 Å². The molecule has 0 saturated carbocycles. The highest BCUT2D eigenvalue weighted by molar-refractivity contribution is 5.79. The van der Waals surface area contributed by atoms with E-state index < -0.39 is 5.60 Å². The maximum absolute atomic E-state index is 6.39. The van der Waals surface area contributed by atoms with Crippen LogP contribution in [-0.4, -0.2) is 17.3 Å². The number of aromatic nitrogens is 2. The highest BCUT2D eigenvalue weighted by Crippen LogP contribution is 2.50. The lowest BCUT2D eigenvalue weighted by atomic mass is 9.78. The zero-order valence-corrected chi connectivity index (χ0v) is 17.0. The van der Waals surface area contributed by atoms with Crippen molar-refractivity contribution in [1.82, 2.24) is 10.2 Å². The first-order valence-corrected chi connectivity index (χ1v) is 9.76. The second kappa shape index (κ2) is 6.98. The molecule has 1 aliphatic rings. The van der Waals surface area contributed by atoms with E-state index in [0.717, 1.165) is 34.7 Å². The van der Waals surface area contributed by atoms with Crippen molar-refractivity contribution in [3.05, 3.63) is 29.5 Å². The third-order valence-electron chi connectivity index (χ3n) is 5.63. The van der Waals surface area contributed by atoms with E-state index >= 15 is 0 Å². The number of unbranched alkanes of at least 4 members (excludes halogenated alkanes) is 3. The molecule has 142 valence electrons. The number of hydrogen-bond acceptors (Lipinski definition) is 3. The first-order chi connectivity index (χ1) is 12.3. The summed E-state index contributed by atoms with van der Waals surface area (Å²) in [6.07, 6.45) is 8.13. The van der Waals surface area contributed by atoms with E-state index in [1.54, 1.807) is 7.11 Å². The van der Waals surface area contributed by atoms with Crippen LogP contribution < -0.4 is 9.47 Å². The minimum Gasteiger partial charge on any atom is -0.496 e. The lowest BCUT2D eigenvalue weighted by Crippen LogP contribution is -2.29. The summed E-state index contributed by atoms with van der Waals surface area (Å²) in [4.78, 5) is 0. The van der Waals surface area contributed by atoms with Crippen molar-refractivity contribution in [1.29, 1.82) is 0 Å². The Labute approximate surface area is 157 Å². The molecular weight excluding hydrogens is 324 g/mol. The van der Waals surface area contributed by atoms with Gasteiger partial charge in [0.05, 0.1) is 24.6 Å². The molecule has 1 aromatic carbocycles. The molecule has 0 amide bonds. The second-order valence-corrected chi connectivity index (χ2v) is 8.52. The molecule has 26 heavy (non-hydrogen) atoms. The van der Waals surface area contributed by atoms with Crippen LogP contribution in [0, 0.1) is 0 Å². The van der Waals surface area contributed by atoms with Gasteiger partial charge in [-0.2, -0.15) is 5.10 Å². The minimum atomic E-state index is -0.412. The predicted molar refractivity (Wildman–Crippen MR) is 106 cm³/mol. The van der Waals surface area contributed by atoms with E-state index in [1.165, 1.54) is 31.2 Å². The molecule has 4 nitrogen and oxygen atoms in total. The average Bonchev–Trinajstić information content (AvgIpc) is 3.08. The summed E-state index contributed by atoms with van der Waals surface area (Å²) >= 11 is 0. The van der Waals surface area contributed by atoms with Crippen LogP contribution >= 0.6 is 0 Å². The summed E-state index contributed by atoms with van der Waals surface area (Å²) in [6, 6.07) is 4.37. The molecule has 1 aliphatic heterocycles. The van der Waals surface area contributed by atoms with Crippen LogP contribution in [0.1, 0.15) is 77.8 Å². The van der Waals surface area contributed by atoms with Crippen LogP contribution in [0.4, 0.5) is 0 Å². The van der Waals surface area contributed by atoms with E-state index in [9.17, 15) is 0 Å².